The molecule has 1 nitrogen and oxygen atoms in total. The summed E-state index contributed by atoms with van der Waals surface area (Å²) in [5.41, 5.74) is 0. The van der Waals surface area contributed by atoms with Crippen molar-refractivity contribution in [1.29, 1.82) is 0 Å². The molecule has 1 aromatic carbocycles. The van der Waals surface area contributed by atoms with E-state index in [-0.39, 0.29) is 0 Å². The van der Waals surface area contributed by atoms with Crippen molar-refractivity contribution < 1.29 is 4.74 Å². The first-order valence-corrected chi connectivity index (χ1v) is 11.2. The summed E-state index contributed by atoms with van der Waals surface area (Å²) >= 11 is 0. The average molecular weight is 367 g/mol. The van der Waals surface area contributed by atoms with E-state index in [1.54, 1.807) is 0 Å². The first-order valence-electron chi connectivity index (χ1n) is 11.2. The van der Waals surface area contributed by atoms with Gasteiger partial charge in [0, 0.05) is 12.3 Å². The van der Waals surface area contributed by atoms with E-state index in [1.807, 2.05) is 30.3 Å². The Morgan fingerprint density at radius 1 is 1.00 bits per heavy atom. The fourth-order valence-corrected chi connectivity index (χ4v) is 3.81. The molecule has 0 amide bonds. The summed E-state index contributed by atoms with van der Waals surface area (Å²) in [4.78, 5) is 0. The van der Waals surface area contributed by atoms with Gasteiger partial charge in [-0.05, 0) is 63.0 Å². The Morgan fingerprint density at radius 3 is 2.74 bits per heavy atom. The van der Waals surface area contributed by atoms with Crippen molar-refractivity contribution in [3.05, 3.63) is 42.5 Å². The Morgan fingerprint density at radius 2 is 1.89 bits per heavy atom. The fraction of sp³-hybridized carbons (Fsp3) is 0.615. The Labute approximate surface area is 167 Å². The summed E-state index contributed by atoms with van der Waals surface area (Å²) < 4.78 is 5.74. The average Bonchev–Trinajstić information content (AvgIpc) is 3.15. The summed E-state index contributed by atoms with van der Waals surface area (Å²) in [6.07, 6.45) is 19.9. The van der Waals surface area contributed by atoms with Gasteiger partial charge in [0.2, 0.25) is 0 Å². The zero-order valence-electron chi connectivity index (χ0n) is 17.3. The van der Waals surface area contributed by atoms with Crippen molar-refractivity contribution in [3.8, 4) is 17.6 Å². The predicted octanol–water partition coefficient (Wildman–Crippen LogP) is 7.57. The molecule has 1 aliphatic carbocycles. The lowest BCUT2D eigenvalue weighted by Gasteiger charge is -2.11. The van der Waals surface area contributed by atoms with E-state index in [9.17, 15) is 0 Å². The van der Waals surface area contributed by atoms with Crippen LogP contribution in [0.4, 0.5) is 0 Å². The monoisotopic (exact) mass is 366 g/mol. The molecule has 0 spiro atoms. The van der Waals surface area contributed by atoms with Crippen LogP contribution in [0.15, 0.2) is 42.5 Å². The molecule has 0 saturated heterocycles. The van der Waals surface area contributed by atoms with E-state index in [4.69, 9.17) is 4.74 Å². The number of hydrogen-bond acceptors (Lipinski definition) is 1. The molecule has 1 saturated carbocycles. The number of allylic oxidation sites excluding steroid dienone is 2. The van der Waals surface area contributed by atoms with Gasteiger partial charge in [-0.15, -0.1) is 5.92 Å². The molecule has 1 aromatic rings. The highest BCUT2D eigenvalue weighted by atomic mass is 16.5. The molecule has 2 atom stereocenters. The second-order valence-corrected chi connectivity index (χ2v) is 7.79. The van der Waals surface area contributed by atoms with E-state index in [2.05, 4.69) is 30.9 Å². The zero-order chi connectivity index (χ0) is 19.0. The Kier molecular flexibility index (Phi) is 11.5. The summed E-state index contributed by atoms with van der Waals surface area (Å²) in [6, 6.07) is 10.1. The van der Waals surface area contributed by atoms with Crippen LogP contribution in [0.1, 0.15) is 84.0 Å². The van der Waals surface area contributed by atoms with Crippen LogP contribution >= 0.6 is 0 Å². The number of unbranched alkanes of at least 4 members (excludes halogenated alkanes) is 6. The normalized spacial score (nSPS) is 19.1. The summed E-state index contributed by atoms with van der Waals surface area (Å²) in [5.74, 6) is 9.49. The second kappa shape index (κ2) is 14.4. The summed E-state index contributed by atoms with van der Waals surface area (Å²) in [7, 11) is 0. The lowest BCUT2D eigenvalue weighted by Crippen LogP contribution is -2.04. The van der Waals surface area contributed by atoms with Crippen molar-refractivity contribution in [1.82, 2.24) is 0 Å². The third kappa shape index (κ3) is 9.71. The van der Waals surface area contributed by atoms with Crippen molar-refractivity contribution in [3.63, 3.8) is 0 Å². The molecule has 0 aromatic heterocycles. The Bertz CT molecular complexity index is 563. The first kappa shape index (κ1) is 21.6. The van der Waals surface area contributed by atoms with Crippen molar-refractivity contribution in [2.45, 2.75) is 84.0 Å². The van der Waals surface area contributed by atoms with Gasteiger partial charge in [0.15, 0.2) is 0 Å². The maximum atomic E-state index is 5.74. The van der Waals surface area contributed by atoms with Crippen molar-refractivity contribution >= 4 is 0 Å². The van der Waals surface area contributed by atoms with E-state index in [1.165, 1.54) is 64.2 Å². The molecule has 148 valence electrons. The van der Waals surface area contributed by atoms with Crippen LogP contribution < -0.4 is 4.74 Å². The number of benzene rings is 1. The molecular formula is C26H38O. The molecule has 0 radical (unpaired) electrons. The number of rotatable bonds is 12. The van der Waals surface area contributed by atoms with Gasteiger partial charge in [0.25, 0.3) is 0 Å². The minimum Gasteiger partial charge on any atom is -0.494 e. The SMILES string of the molecule is CCCCCCC#C[C@H]1CCC[C@@H]1CC=CCCCCOc1ccccc1. The van der Waals surface area contributed by atoms with Crippen LogP contribution in [0.2, 0.25) is 0 Å². The third-order valence-corrected chi connectivity index (χ3v) is 5.48. The third-order valence-electron chi connectivity index (χ3n) is 5.48. The highest BCUT2D eigenvalue weighted by Gasteiger charge is 2.24. The second-order valence-electron chi connectivity index (χ2n) is 7.79. The van der Waals surface area contributed by atoms with E-state index < -0.39 is 0 Å². The van der Waals surface area contributed by atoms with E-state index in [0.29, 0.717) is 5.92 Å². The lowest BCUT2D eigenvalue weighted by atomic mass is 9.93. The largest absolute Gasteiger partial charge is 0.494 e. The molecule has 27 heavy (non-hydrogen) atoms. The van der Waals surface area contributed by atoms with Gasteiger partial charge in [-0.25, -0.2) is 0 Å². The summed E-state index contributed by atoms with van der Waals surface area (Å²) in [6.45, 7) is 3.08. The molecule has 0 bridgehead atoms. The van der Waals surface area contributed by atoms with Crippen LogP contribution in [0.5, 0.6) is 5.75 Å². The highest BCUT2D eigenvalue weighted by Crippen LogP contribution is 2.34. The molecule has 0 N–H and O–H groups in total. The molecule has 1 fully saturated rings. The van der Waals surface area contributed by atoms with Gasteiger partial charge >= 0.3 is 0 Å². The maximum absolute atomic E-state index is 5.74. The quantitative estimate of drug-likeness (QED) is 0.210. The van der Waals surface area contributed by atoms with Gasteiger partial charge in [-0.1, -0.05) is 68.9 Å². The topological polar surface area (TPSA) is 9.23 Å². The van der Waals surface area contributed by atoms with Gasteiger partial charge in [0.1, 0.15) is 5.75 Å². The molecule has 0 unspecified atom stereocenters. The molecule has 1 heteroatoms. The molecular weight excluding hydrogens is 328 g/mol. The number of hydrogen-bond donors (Lipinski definition) is 0. The van der Waals surface area contributed by atoms with Crippen molar-refractivity contribution in [2.24, 2.45) is 11.8 Å². The zero-order valence-corrected chi connectivity index (χ0v) is 17.3. The van der Waals surface area contributed by atoms with Crippen molar-refractivity contribution in [2.75, 3.05) is 6.61 Å². The minimum absolute atomic E-state index is 0.653. The van der Waals surface area contributed by atoms with E-state index in [0.717, 1.165) is 31.1 Å². The van der Waals surface area contributed by atoms with Gasteiger partial charge in [0.05, 0.1) is 6.61 Å². The van der Waals surface area contributed by atoms with Gasteiger partial charge in [-0.2, -0.15) is 0 Å². The van der Waals surface area contributed by atoms with Crippen LogP contribution in [-0.2, 0) is 0 Å². The molecule has 0 heterocycles. The maximum Gasteiger partial charge on any atom is 0.119 e. The highest BCUT2D eigenvalue weighted by molar-refractivity contribution is 5.20. The number of para-hydroxylation sites is 1. The standard InChI is InChI=1S/C26H38O/c1-2-3-4-5-7-11-17-24-19-16-20-25(24)18-12-8-6-9-15-23-27-26-21-13-10-14-22-26/h8,10,12-14,21-22,24-25H,2-7,9,15-16,18-20,23H2,1H3/t24-,25-/m0/s1. The van der Waals surface area contributed by atoms with Crippen LogP contribution in [0.3, 0.4) is 0 Å². The van der Waals surface area contributed by atoms with Crippen LogP contribution in [0.25, 0.3) is 0 Å². The number of ether oxygens (including phenoxy) is 1. The van der Waals surface area contributed by atoms with E-state index >= 15 is 0 Å². The molecule has 1 aliphatic rings. The molecule has 0 aliphatic heterocycles. The van der Waals surface area contributed by atoms with Crippen LogP contribution in [0, 0.1) is 23.7 Å². The van der Waals surface area contributed by atoms with Crippen LogP contribution in [-0.4, -0.2) is 6.61 Å². The fourth-order valence-electron chi connectivity index (χ4n) is 3.81. The Hall–Kier alpha value is -1.68. The predicted molar refractivity (Wildman–Crippen MR) is 117 cm³/mol. The molecule has 2 rings (SSSR count). The smallest absolute Gasteiger partial charge is 0.119 e. The minimum atomic E-state index is 0.653. The first-order chi connectivity index (χ1) is 13.4. The lowest BCUT2D eigenvalue weighted by molar-refractivity contribution is 0.307. The van der Waals surface area contributed by atoms with Gasteiger partial charge < -0.3 is 4.74 Å². The summed E-state index contributed by atoms with van der Waals surface area (Å²) in [5, 5.41) is 0. The Balaban J connectivity index is 1.52. The van der Waals surface area contributed by atoms with Gasteiger partial charge in [-0.3, -0.25) is 0 Å².